The van der Waals surface area contributed by atoms with Gasteiger partial charge in [0.2, 0.25) is 0 Å². The smallest absolute Gasteiger partial charge is 0.0985 e. The van der Waals surface area contributed by atoms with Crippen molar-refractivity contribution in [2.24, 2.45) is 4.99 Å². The zero-order valence-electron chi connectivity index (χ0n) is 11.9. The summed E-state index contributed by atoms with van der Waals surface area (Å²) in [4.78, 5) is 8.20. The van der Waals surface area contributed by atoms with Crippen LogP contribution >= 0.6 is 11.8 Å². The van der Waals surface area contributed by atoms with Crippen LogP contribution in [0.25, 0.3) is 5.57 Å². The van der Waals surface area contributed by atoms with Gasteiger partial charge in [-0.15, -0.1) is 0 Å². The number of hydrogen-bond donors (Lipinski definition) is 0. The Labute approximate surface area is 129 Å². The maximum atomic E-state index is 4.49. The van der Waals surface area contributed by atoms with Gasteiger partial charge in [0.1, 0.15) is 0 Å². The average Bonchev–Trinajstić information content (AvgIpc) is 2.85. The Kier molecular flexibility index (Phi) is 3.08. The lowest BCUT2D eigenvalue weighted by molar-refractivity contribution is 0.989. The molecule has 2 nitrogen and oxygen atoms in total. The quantitative estimate of drug-likeness (QED) is 0.754. The normalized spacial score (nSPS) is 21.5. The summed E-state index contributed by atoms with van der Waals surface area (Å²) >= 11 is 1.92. The molecule has 2 aromatic rings. The molecule has 2 aliphatic rings. The number of benzene rings is 2. The van der Waals surface area contributed by atoms with Crippen molar-refractivity contribution in [3.05, 3.63) is 60.2 Å². The maximum Gasteiger partial charge on any atom is 0.0985 e. The molecule has 0 radical (unpaired) electrons. The molecule has 0 bridgehead atoms. The molecule has 0 amide bonds. The van der Waals surface area contributed by atoms with Crippen molar-refractivity contribution < 1.29 is 0 Å². The number of para-hydroxylation sites is 2. The van der Waals surface area contributed by atoms with Crippen LogP contribution in [0.1, 0.15) is 12.0 Å². The molecular formula is C18H16N2S. The predicted molar refractivity (Wildman–Crippen MR) is 91.7 cm³/mol. The summed E-state index contributed by atoms with van der Waals surface area (Å²) in [6, 6.07) is 17.0. The summed E-state index contributed by atoms with van der Waals surface area (Å²) in [7, 11) is 2.17. The van der Waals surface area contributed by atoms with Crippen LogP contribution in [0.4, 0.5) is 11.4 Å². The van der Waals surface area contributed by atoms with Gasteiger partial charge in [0.05, 0.1) is 16.7 Å². The van der Waals surface area contributed by atoms with E-state index >= 15 is 0 Å². The summed E-state index contributed by atoms with van der Waals surface area (Å²) in [5, 5.41) is 0.358. The van der Waals surface area contributed by atoms with E-state index in [1.54, 1.807) is 0 Å². The van der Waals surface area contributed by atoms with E-state index in [-0.39, 0.29) is 0 Å². The summed E-state index contributed by atoms with van der Waals surface area (Å²) in [6.07, 6.45) is 5.31. The van der Waals surface area contributed by atoms with E-state index in [1.807, 2.05) is 24.0 Å². The van der Waals surface area contributed by atoms with E-state index in [0.29, 0.717) is 5.37 Å². The second-order valence-electron chi connectivity index (χ2n) is 5.31. The lowest BCUT2D eigenvalue weighted by Gasteiger charge is -2.21. The van der Waals surface area contributed by atoms with Crippen molar-refractivity contribution in [1.29, 1.82) is 0 Å². The van der Waals surface area contributed by atoms with Gasteiger partial charge in [-0.2, -0.15) is 0 Å². The number of fused-ring (bicyclic) bond motifs is 2. The molecule has 0 fully saturated rings. The fraction of sp³-hybridized carbons (Fsp3) is 0.167. The van der Waals surface area contributed by atoms with Crippen LogP contribution < -0.4 is 4.90 Å². The van der Waals surface area contributed by atoms with Crippen molar-refractivity contribution in [2.75, 3.05) is 11.9 Å². The van der Waals surface area contributed by atoms with Gasteiger partial charge >= 0.3 is 0 Å². The second kappa shape index (κ2) is 5.08. The lowest BCUT2D eigenvalue weighted by Crippen LogP contribution is -2.22. The maximum absolute atomic E-state index is 4.49. The molecular weight excluding hydrogens is 276 g/mol. The van der Waals surface area contributed by atoms with Crippen LogP contribution in [0.5, 0.6) is 0 Å². The molecule has 2 heterocycles. The summed E-state index contributed by atoms with van der Waals surface area (Å²) in [5.41, 5.74) is 5.04. The highest BCUT2D eigenvalue weighted by molar-refractivity contribution is 8.00. The number of anilines is 1. The fourth-order valence-corrected chi connectivity index (χ4v) is 4.13. The third-order valence-electron chi connectivity index (χ3n) is 4.01. The van der Waals surface area contributed by atoms with Gasteiger partial charge in [0, 0.05) is 30.1 Å². The van der Waals surface area contributed by atoms with Crippen LogP contribution in [0, 0.1) is 0 Å². The molecule has 0 aliphatic carbocycles. The second-order valence-corrected chi connectivity index (χ2v) is 6.47. The first-order valence-corrected chi connectivity index (χ1v) is 8.02. The minimum atomic E-state index is 0.358. The Morgan fingerprint density at radius 3 is 2.86 bits per heavy atom. The summed E-state index contributed by atoms with van der Waals surface area (Å²) in [5.74, 6) is 0. The van der Waals surface area contributed by atoms with E-state index in [4.69, 9.17) is 0 Å². The monoisotopic (exact) mass is 292 g/mol. The number of aliphatic imine (C=N–C) groups is 1. The molecule has 0 aromatic heterocycles. The Morgan fingerprint density at radius 1 is 1.14 bits per heavy atom. The highest BCUT2D eigenvalue weighted by atomic mass is 32.2. The Hall–Kier alpha value is -2.00. The van der Waals surface area contributed by atoms with E-state index in [1.165, 1.54) is 21.7 Å². The average molecular weight is 292 g/mol. The molecule has 2 aliphatic heterocycles. The molecule has 21 heavy (non-hydrogen) atoms. The van der Waals surface area contributed by atoms with Crippen molar-refractivity contribution in [2.45, 2.75) is 16.7 Å². The summed E-state index contributed by atoms with van der Waals surface area (Å²) in [6.45, 7) is 0. The first-order chi connectivity index (χ1) is 10.3. The molecule has 0 saturated heterocycles. The van der Waals surface area contributed by atoms with Crippen LogP contribution in [-0.2, 0) is 0 Å². The van der Waals surface area contributed by atoms with E-state index < -0.39 is 0 Å². The van der Waals surface area contributed by atoms with Gasteiger partial charge in [-0.1, -0.05) is 42.1 Å². The van der Waals surface area contributed by atoms with Crippen molar-refractivity contribution in [3.63, 3.8) is 0 Å². The van der Waals surface area contributed by atoms with Crippen LogP contribution in [0.2, 0.25) is 0 Å². The number of thioether (sulfide) groups is 1. The van der Waals surface area contributed by atoms with Crippen molar-refractivity contribution in [3.8, 4) is 0 Å². The third-order valence-corrected chi connectivity index (χ3v) is 5.30. The first-order valence-electron chi connectivity index (χ1n) is 7.14. The standard InChI is InChI=1S/C18H16N2S/c1-20-16-8-4-5-9-17(16)21-18(20)12-13-10-11-19-15-7-3-2-6-14(13)15/h2-9,11-12,18H,10H2,1H3. The van der Waals surface area contributed by atoms with Crippen LogP contribution in [-0.4, -0.2) is 18.6 Å². The van der Waals surface area contributed by atoms with Gasteiger partial charge in [-0.25, -0.2) is 0 Å². The SMILES string of the molecule is CN1c2ccccc2SC1C=C1CC=Nc2ccccc21. The number of hydrogen-bond acceptors (Lipinski definition) is 3. The molecule has 0 N–H and O–H groups in total. The van der Waals surface area contributed by atoms with E-state index in [9.17, 15) is 0 Å². The Balaban J connectivity index is 1.70. The Bertz CT molecular complexity index is 748. The van der Waals surface area contributed by atoms with E-state index in [0.717, 1.165) is 12.1 Å². The van der Waals surface area contributed by atoms with Crippen LogP contribution in [0.15, 0.2) is 64.5 Å². The van der Waals surface area contributed by atoms with Crippen LogP contribution in [0.3, 0.4) is 0 Å². The molecule has 1 atom stereocenters. The van der Waals surface area contributed by atoms with Gasteiger partial charge in [-0.3, -0.25) is 4.99 Å². The molecule has 0 spiro atoms. The minimum Gasteiger partial charge on any atom is -0.358 e. The molecule has 3 heteroatoms. The highest BCUT2D eigenvalue weighted by Crippen LogP contribution is 2.44. The largest absolute Gasteiger partial charge is 0.358 e. The van der Waals surface area contributed by atoms with Gasteiger partial charge in [0.15, 0.2) is 0 Å². The van der Waals surface area contributed by atoms with Crippen molar-refractivity contribution in [1.82, 2.24) is 0 Å². The lowest BCUT2D eigenvalue weighted by atomic mass is 9.98. The van der Waals surface area contributed by atoms with E-state index in [2.05, 4.69) is 65.5 Å². The van der Waals surface area contributed by atoms with Gasteiger partial charge in [-0.05, 0) is 29.8 Å². The fourth-order valence-electron chi connectivity index (χ4n) is 2.88. The third kappa shape index (κ3) is 2.18. The first kappa shape index (κ1) is 12.7. The minimum absolute atomic E-state index is 0.358. The molecule has 4 rings (SSSR count). The Morgan fingerprint density at radius 2 is 1.95 bits per heavy atom. The van der Waals surface area contributed by atoms with Gasteiger partial charge < -0.3 is 4.90 Å². The molecule has 1 unspecified atom stereocenters. The van der Waals surface area contributed by atoms with Gasteiger partial charge in [0.25, 0.3) is 0 Å². The molecule has 0 saturated carbocycles. The number of rotatable bonds is 1. The highest BCUT2D eigenvalue weighted by Gasteiger charge is 2.26. The molecule has 2 aromatic carbocycles. The predicted octanol–water partition coefficient (Wildman–Crippen LogP) is 4.74. The molecule has 104 valence electrons. The zero-order valence-corrected chi connectivity index (χ0v) is 12.7. The number of likely N-dealkylation sites (N-methyl/N-ethyl adjacent to an activating group) is 1. The topological polar surface area (TPSA) is 15.6 Å². The summed E-state index contributed by atoms with van der Waals surface area (Å²) < 4.78 is 0. The zero-order chi connectivity index (χ0) is 14.2. The number of nitrogens with zero attached hydrogens (tertiary/aromatic N) is 2. The van der Waals surface area contributed by atoms with Crippen molar-refractivity contribution >= 4 is 34.9 Å². The number of allylic oxidation sites excluding steroid dienone is 1.